The van der Waals surface area contributed by atoms with Crippen LogP contribution in [-0.4, -0.2) is 50.6 Å². The van der Waals surface area contributed by atoms with Crippen molar-refractivity contribution < 1.29 is 9.53 Å². The number of rotatable bonds is 5. The van der Waals surface area contributed by atoms with Gasteiger partial charge in [0.25, 0.3) is 0 Å². The third kappa shape index (κ3) is 4.90. The summed E-state index contributed by atoms with van der Waals surface area (Å²) in [7, 11) is 1.67. The highest BCUT2D eigenvalue weighted by Crippen LogP contribution is 2.22. The number of benzene rings is 2. The van der Waals surface area contributed by atoms with Crippen LogP contribution in [0.5, 0.6) is 5.75 Å². The van der Waals surface area contributed by atoms with Crippen LogP contribution in [-0.2, 0) is 4.79 Å². The lowest BCUT2D eigenvalue weighted by Gasteiger charge is -2.23. The second kappa shape index (κ2) is 8.92. The van der Waals surface area contributed by atoms with Crippen molar-refractivity contribution in [3.05, 3.63) is 53.6 Å². The van der Waals surface area contributed by atoms with Gasteiger partial charge in [-0.2, -0.15) is 0 Å². The van der Waals surface area contributed by atoms with E-state index >= 15 is 0 Å². The molecule has 26 heavy (non-hydrogen) atoms. The maximum atomic E-state index is 12.3. The fourth-order valence-electron chi connectivity index (χ4n) is 3.14. The lowest BCUT2D eigenvalue weighted by atomic mass is 10.2. The Kier molecular flexibility index (Phi) is 6.36. The van der Waals surface area contributed by atoms with E-state index in [4.69, 9.17) is 16.3 Å². The summed E-state index contributed by atoms with van der Waals surface area (Å²) in [5.74, 6) is 0.831. The van der Waals surface area contributed by atoms with Crippen LogP contribution in [0.15, 0.2) is 48.5 Å². The molecule has 1 fully saturated rings. The zero-order valence-corrected chi connectivity index (χ0v) is 15.7. The Hall–Kier alpha value is -2.24. The molecular formula is C20H24ClN3O2. The third-order valence-electron chi connectivity index (χ3n) is 4.54. The van der Waals surface area contributed by atoms with E-state index in [0.29, 0.717) is 17.3 Å². The maximum absolute atomic E-state index is 12.3. The smallest absolute Gasteiger partial charge is 0.238 e. The second-order valence-corrected chi connectivity index (χ2v) is 6.75. The summed E-state index contributed by atoms with van der Waals surface area (Å²) in [5, 5.41) is 3.45. The Morgan fingerprint density at radius 1 is 1.08 bits per heavy atom. The first kappa shape index (κ1) is 18.5. The fourth-order valence-corrected chi connectivity index (χ4v) is 3.32. The molecule has 138 valence electrons. The topological polar surface area (TPSA) is 44.8 Å². The molecule has 1 aliphatic rings. The Morgan fingerprint density at radius 3 is 2.58 bits per heavy atom. The van der Waals surface area contributed by atoms with Crippen molar-refractivity contribution in [3.8, 4) is 5.75 Å². The highest BCUT2D eigenvalue weighted by atomic mass is 35.5. The van der Waals surface area contributed by atoms with Gasteiger partial charge >= 0.3 is 0 Å². The Balaban J connectivity index is 1.53. The van der Waals surface area contributed by atoms with Gasteiger partial charge in [0.2, 0.25) is 5.91 Å². The van der Waals surface area contributed by atoms with Gasteiger partial charge in [-0.3, -0.25) is 9.69 Å². The first-order valence-corrected chi connectivity index (χ1v) is 9.19. The van der Waals surface area contributed by atoms with Crippen molar-refractivity contribution in [2.24, 2.45) is 0 Å². The van der Waals surface area contributed by atoms with Gasteiger partial charge in [-0.15, -0.1) is 0 Å². The van der Waals surface area contributed by atoms with Crippen molar-refractivity contribution in [3.63, 3.8) is 0 Å². The van der Waals surface area contributed by atoms with E-state index in [9.17, 15) is 4.79 Å². The summed E-state index contributed by atoms with van der Waals surface area (Å²) in [4.78, 5) is 16.9. The molecular weight excluding hydrogens is 350 g/mol. The number of ether oxygens (including phenoxy) is 1. The molecule has 0 unspecified atom stereocenters. The van der Waals surface area contributed by atoms with E-state index in [1.165, 1.54) is 5.69 Å². The number of carbonyl (C=O) groups is 1. The molecule has 0 atom stereocenters. The molecule has 0 aliphatic carbocycles. The van der Waals surface area contributed by atoms with Gasteiger partial charge in [0.1, 0.15) is 5.75 Å². The summed E-state index contributed by atoms with van der Waals surface area (Å²) in [6.07, 6.45) is 1.02. The van der Waals surface area contributed by atoms with Crippen molar-refractivity contribution in [2.75, 3.05) is 50.1 Å². The van der Waals surface area contributed by atoms with Gasteiger partial charge in [-0.05, 0) is 42.8 Å². The van der Waals surface area contributed by atoms with Crippen LogP contribution in [0.1, 0.15) is 6.42 Å². The molecule has 0 saturated carbocycles. The number of para-hydroxylation sites is 1. The van der Waals surface area contributed by atoms with Crippen LogP contribution < -0.4 is 15.0 Å². The van der Waals surface area contributed by atoms with Gasteiger partial charge < -0.3 is 15.0 Å². The fraction of sp³-hybridized carbons (Fsp3) is 0.350. The number of nitrogens with one attached hydrogen (secondary N) is 1. The molecule has 5 nitrogen and oxygen atoms in total. The standard InChI is InChI=1S/C20H24ClN3O2/c1-26-17-9-7-16(8-10-17)24-12-4-11-23(13-14-24)15-20(25)22-19-6-3-2-5-18(19)21/h2-3,5-10H,4,11-15H2,1H3,(H,22,25). The molecule has 0 bridgehead atoms. The lowest BCUT2D eigenvalue weighted by Crippen LogP contribution is -2.36. The molecule has 2 aromatic rings. The van der Waals surface area contributed by atoms with Crippen LogP contribution in [0.25, 0.3) is 0 Å². The third-order valence-corrected chi connectivity index (χ3v) is 4.87. The lowest BCUT2D eigenvalue weighted by molar-refractivity contribution is -0.117. The zero-order chi connectivity index (χ0) is 18.4. The number of nitrogens with zero attached hydrogens (tertiary/aromatic N) is 2. The summed E-state index contributed by atoms with van der Waals surface area (Å²) >= 11 is 6.10. The Bertz CT molecular complexity index is 736. The van der Waals surface area contributed by atoms with Crippen molar-refractivity contribution in [1.29, 1.82) is 0 Å². The normalized spacial score (nSPS) is 15.4. The number of amides is 1. The van der Waals surface area contributed by atoms with Crippen LogP contribution >= 0.6 is 11.6 Å². The van der Waals surface area contributed by atoms with Gasteiger partial charge in [-0.1, -0.05) is 23.7 Å². The molecule has 2 aromatic carbocycles. The van der Waals surface area contributed by atoms with Gasteiger partial charge in [-0.25, -0.2) is 0 Å². The number of carbonyl (C=O) groups excluding carboxylic acids is 1. The summed E-state index contributed by atoms with van der Waals surface area (Å²) < 4.78 is 5.22. The molecule has 6 heteroatoms. The predicted molar refractivity (Wildman–Crippen MR) is 106 cm³/mol. The quantitative estimate of drug-likeness (QED) is 0.871. The largest absolute Gasteiger partial charge is 0.497 e. The minimum absolute atomic E-state index is 0.0315. The Morgan fingerprint density at radius 2 is 1.85 bits per heavy atom. The highest BCUT2D eigenvalue weighted by Gasteiger charge is 2.18. The van der Waals surface area contributed by atoms with E-state index in [0.717, 1.165) is 38.3 Å². The van der Waals surface area contributed by atoms with Gasteiger partial charge in [0.05, 0.1) is 24.4 Å². The molecule has 1 saturated heterocycles. The Labute approximate surface area is 159 Å². The van der Waals surface area contributed by atoms with Gasteiger partial charge in [0.15, 0.2) is 0 Å². The van der Waals surface area contributed by atoms with Gasteiger partial charge in [0, 0.05) is 31.9 Å². The minimum atomic E-state index is -0.0315. The molecule has 3 rings (SSSR count). The van der Waals surface area contributed by atoms with E-state index in [1.807, 2.05) is 30.3 Å². The van der Waals surface area contributed by atoms with Crippen LogP contribution in [0.3, 0.4) is 0 Å². The number of methoxy groups -OCH3 is 1. The molecule has 1 N–H and O–H groups in total. The first-order chi connectivity index (χ1) is 12.7. The summed E-state index contributed by atoms with van der Waals surface area (Å²) in [6, 6.07) is 15.4. The van der Waals surface area contributed by atoms with E-state index in [1.54, 1.807) is 13.2 Å². The predicted octanol–water partition coefficient (Wildman–Crippen LogP) is 3.50. The molecule has 1 aliphatic heterocycles. The maximum Gasteiger partial charge on any atom is 0.238 e. The number of anilines is 2. The highest BCUT2D eigenvalue weighted by molar-refractivity contribution is 6.33. The van der Waals surface area contributed by atoms with Crippen molar-refractivity contribution in [1.82, 2.24) is 4.90 Å². The van der Waals surface area contributed by atoms with E-state index in [-0.39, 0.29) is 5.91 Å². The van der Waals surface area contributed by atoms with Crippen LogP contribution in [0.2, 0.25) is 5.02 Å². The van der Waals surface area contributed by atoms with Crippen molar-refractivity contribution >= 4 is 28.9 Å². The van der Waals surface area contributed by atoms with Crippen LogP contribution in [0.4, 0.5) is 11.4 Å². The zero-order valence-electron chi connectivity index (χ0n) is 15.0. The second-order valence-electron chi connectivity index (χ2n) is 6.34. The minimum Gasteiger partial charge on any atom is -0.497 e. The summed E-state index contributed by atoms with van der Waals surface area (Å²) in [6.45, 7) is 4.01. The number of halogens is 1. The average Bonchev–Trinajstić information content (AvgIpc) is 2.89. The molecule has 1 heterocycles. The van der Waals surface area contributed by atoms with Crippen LogP contribution in [0, 0.1) is 0 Å². The molecule has 0 spiro atoms. The average molecular weight is 374 g/mol. The SMILES string of the molecule is COc1ccc(N2CCCN(CC(=O)Nc3ccccc3Cl)CC2)cc1. The molecule has 0 aromatic heterocycles. The summed E-state index contributed by atoms with van der Waals surface area (Å²) in [5.41, 5.74) is 1.85. The number of hydrogen-bond donors (Lipinski definition) is 1. The van der Waals surface area contributed by atoms with E-state index in [2.05, 4.69) is 27.2 Å². The first-order valence-electron chi connectivity index (χ1n) is 8.81. The molecule has 1 amide bonds. The molecule has 0 radical (unpaired) electrons. The monoisotopic (exact) mass is 373 g/mol. The van der Waals surface area contributed by atoms with E-state index < -0.39 is 0 Å². The number of hydrogen-bond acceptors (Lipinski definition) is 4. The van der Waals surface area contributed by atoms with Crippen molar-refractivity contribution in [2.45, 2.75) is 6.42 Å².